The second kappa shape index (κ2) is 10.1. The quantitative estimate of drug-likeness (QED) is 0.373. The molecule has 3 rings (SSSR count). The fraction of sp³-hybridized carbons (Fsp3) is 0.333. The van der Waals surface area contributed by atoms with E-state index in [1.807, 2.05) is 24.6 Å². The minimum Gasteiger partial charge on any atom is -0.297 e. The highest BCUT2D eigenvalue weighted by Gasteiger charge is 2.17. The Morgan fingerprint density at radius 3 is 2.04 bits per heavy atom. The first-order valence-electron chi connectivity index (χ1n) is 9.12. The van der Waals surface area contributed by atoms with Crippen LogP contribution in [0.3, 0.4) is 0 Å². The number of hydrogen-bond donors (Lipinski definition) is 1. The number of aliphatic imine (C=N–C) groups is 1. The third-order valence-corrected chi connectivity index (χ3v) is 5.22. The highest BCUT2D eigenvalue weighted by atomic mass is 32.2. The van der Waals surface area contributed by atoms with Crippen LogP contribution in [0, 0.1) is 11.5 Å². The summed E-state index contributed by atoms with van der Waals surface area (Å²) in [5.74, 6) is 0. The molecule has 0 aromatic heterocycles. The molecule has 0 spiro atoms. The lowest BCUT2D eigenvalue weighted by atomic mass is 10.1. The van der Waals surface area contributed by atoms with E-state index in [9.17, 15) is 0 Å². The predicted molar refractivity (Wildman–Crippen MR) is 113 cm³/mol. The number of amidine groups is 1. The van der Waals surface area contributed by atoms with Crippen molar-refractivity contribution < 1.29 is 0 Å². The summed E-state index contributed by atoms with van der Waals surface area (Å²) in [4.78, 5) is 9.46. The summed E-state index contributed by atoms with van der Waals surface area (Å²) in [5.41, 5.74) is 3.54. The van der Waals surface area contributed by atoms with Crippen LogP contribution in [0.1, 0.15) is 11.1 Å². The van der Waals surface area contributed by atoms with Gasteiger partial charge >= 0.3 is 0 Å². The third-order valence-electron chi connectivity index (χ3n) is 4.64. The molecule has 2 aromatic rings. The smallest absolute Gasteiger partial charge is 0.183 e. The van der Waals surface area contributed by atoms with E-state index >= 15 is 0 Å². The molecule has 0 saturated carbocycles. The SMILES string of the molecule is CSC(=Nc1ccc(CN2CCN(Cc3ccccc3)CC2)cc1)NC#N. The highest BCUT2D eigenvalue weighted by Crippen LogP contribution is 2.17. The maximum atomic E-state index is 8.71. The molecule has 27 heavy (non-hydrogen) atoms. The van der Waals surface area contributed by atoms with Gasteiger partial charge in [-0.1, -0.05) is 54.2 Å². The van der Waals surface area contributed by atoms with Crippen LogP contribution in [0.25, 0.3) is 0 Å². The van der Waals surface area contributed by atoms with Crippen LogP contribution < -0.4 is 5.32 Å². The van der Waals surface area contributed by atoms with Gasteiger partial charge in [-0.3, -0.25) is 15.1 Å². The largest absolute Gasteiger partial charge is 0.297 e. The lowest BCUT2D eigenvalue weighted by molar-refractivity contribution is 0.122. The van der Waals surface area contributed by atoms with Crippen LogP contribution >= 0.6 is 11.8 Å². The van der Waals surface area contributed by atoms with Crippen LogP contribution in [0.4, 0.5) is 5.69 Å². The van der Waals surface area contributed by atoms with E-state index in [1.54, 1.807) is 0 Å². The number of rotatable bonds is 5. The molecule has 0 unspecified atom stereocenters. The number of hydrogen-bond acceptors (Lipinski definition) is 5. The Balaban J connectivity index is 1.48. The summed E-state index contributed by atoms with van der Waals surface area (Å²) in [7, 11) is 0. The van der Waals surface area contributed by atoms with Gasteiger partial charge in [0, 0.05) is 39.3 Å². The molecule has 0 atom stereocenters. The van der Waals surface area contributed by atoms with E-state index in [0.29, 0.717) is 5.17 Å². The van der Waals surface area contributed by atoms with E-state index in [0.717, 1.165) is 45.0 Å². The first kappa shape index (κ1) is 19.4. The molecule has 1 aliphatic heterocycles. The molecule has 140 valence electrons. The lowest BCUT2D eigenvalue weighted by Crippen LogP contribution is -2.45. The highest BCUT2D eigenvalue weighted by molar-refractivity contribution is 8.13. The lowest BCUT2D eigenvalue weighted by Gasteiger charge is -2.34. The standard InChI is InChI=1S/C21H25N5S/c1-27-21(23-17-22)24-20-9-7-19(8-10-20)16-26-13-11-25(12-14-26)15-18-5-3-2-4-6-18/h2-10H,11-16H2,1H3,(H,23,24). The minimum atomic E-state index is 0.611. The average Bonchev–Trinajstić information content (AvgIpc) is 2.71. The Morgan fingerprint density at radius 1 is 0.963 bits per heavy atom. The second-order valence-corrected chi connectivity index (χ2v) is 7.36. The summed E-state index contributed by atoms with van der Waals surface area (Å²) in [5, 5.41) is 11.9. The van der Waals surface area contributed by atoms with Gasteiger partial charge in [0.2, 0.25) is 0 Å². The third kappa shape index (κ3) is 6.10. The Morgan fingerprint density at radius 2 is 1.52 bits per heavy atom. The maximum Gasteiger partial charge on any atom is 0.183 e. The molecule has 1 aliphatic rings. The Bertz CT molecular complexity index is 774. The zero-order chi connectivity index (χ0) is 18.9. The topological polar surface area (TPSA) is 54.7 Å². The van der Waals surface area contributed by atoms with Gasteiger partial charge in [0.1, 0.15) is 0 Å². The number of piperazine rings is 1. The monoisotopic (exact) mass is 379 g/mol. The van der Waals surface area contributed by atoms with Crippen LogP contribution in [0.15, 0.2) is 59.6 Å². The van der Waals surface area contributed by atoms with Crippen LogP contribution in [0.5, 0.6) is 0 Å². The van der Waals surface area contributed by atoms with Gasteiger partial charge in [0.15, 0.2) is 11.4 Å². The first-order valence-corrected chi connectivity index (χ1v) is 10.3. The van der Waals surface area contributed by atoms with Crippen molar-refractivity contribution in [3.05, 3.63) is 65.7 Å². The molecule has 1 saturated heterocycles. The number of thioether (sulfide) groups is 1. The fourth-order valence-electron chi connectivity index (χ4n) is 3.17. The second-order valence-electron chi connectivity index (χ2n) is 6.56. The van der Waals surface area contributed by atoms with E-state index in [-0.39, 0.29) is 0 Å². The van der Waals surface area contributed by atoms with Gasteiger partial charge in [-0.2, -0.15) is 5.26 Å². The summed E-state index contributed by atoms with van der Waals surface area (Å²) in [6, 6.07) is 19.0. The maximum absolute atomic E-state index is 8.71. The summed E-state index contributed by atoms with van der Waals surface area (Å²) >= 11 is 1.43. The normalized spacial score (nSPS) is 16.1. The molecule has 0 bridgehead atoms. The zero-order valence-electron chi connectivity index (χ0n) is 15.6. The van der Waals surface area contributed by atoms with Crippen LogP contribution in [-0.4, -0.2) is 47.4 Å². The molecule has 0 aliphatic carbocycles. The molecule has 1 N–H and O–H groups in total. The Hall–Kier alpha value is -2.33. The van der Waals surface area contributed by atoms with E-state index < -0.39 is 0 Å². The molecule has 1 heterocycles. The molecule has 5 nitrogen and oxygen atoms in total. The number of nitriles is 1. The van der Waals surface area contributed by atoms with Gasteiger partial charge < -0.3 is 0 Å². The zero-order valence-corrected chi connectivity index (χ0v) is 16.5. The van der Waals surface area contributed by atoms with Crippen molar-refractivity contribution in [1.29, 1.82) is 5.26 Å². The number of nitrogens with one attached hydrogen (secondary N) is 1. The van der Waals surface area contributed by atoms with Crippen molar-refractivity contribution in [3.63, 3.8) is 0 Å². The molecular formula is C21H25N5S. The molecule has 6 heteroatoms. The summed E-state index contributed by atoms with van der Waals surface area (Å²) in [6.45, 7) is 6.40. The van der Waals surface area contributed by atoms with Crippen molar-refractivity contribution in [1.82, 2.24) is 15.1 Å². The van der Waals surface area contributed by atoms with Gasteiger partial charge in [-0.15, -0.1) is 0 Å². The number of benzene rings is 2. The molecule has 0 radical (unpaired) electrons. The van der Waals surface area contributed by atoms with E-state index in [1.165, 1.54) is 22.9 Å². The van der Waals surface area contributed by atoms with Crippen LogP contribution in [0.2, 0.25) is 0 Å². The molecule has 2 aromatic carbocycles. The van der Waals surface area contributed by atoms with Crippen molar-refractivity contribution >= 4 is 22.6 Å². The van der Waals surface area contributed by atoms with Crippen molar-refractivity contribution in [2.24, 2.45) is 4.99 Å². The number of nitrogens with zero attached hydrogens (tertiary/aromatic N) is 4. The average molecular weight is 380 g/mol. The van der Waals surface area contributed by atoms with Crippen molar-refractivity contribution in [3.8, 4) is 6.19 Å². The van der Waals surface area contributed by atoms with Crippen molar-refractivity contribution in [2.75, 3.05) is 32.4 Å². The van der Waals surface area contributed by atoms with Gasteiger partial charge in [0.25, 0.3) is 0 Å². The van der Waals surface area contributed by atoms with Crippen LogP contribution in [-0.2, 0) is 13.1 Å². The van der Waals surface area contributed by atoms with E-state index in [2.05, 4.69) is 62.6 Å². The van der Waals surface area contributed by atoms with Gasteiger partial charge in [0.05, 0.1) is 5.69 Å². The Labute approximate surface area is 165 Å². The first-order chi connectivity index (χ1) is 13.3. The Kier molecular flexibility index (Phi) is 7.28. The summed E-state index contributed by atoms with van der Waals surface area (Å²) < 4.78 is 0. The fourth-order valence-corrected chi connectivity index (χ4v) is 3.52. The van der Waals surface area contributed by atoms with Gasteiger partial charge in [-0.05, 0) is 29.5 Å². The molecular weight excluding hydrogens is 354 g/mol. The summed E-state index contributed by atoms with van der Waals surface area (Å²) in [6.07, 6.45) is 3.81. The van der Waals surface area contributed by atoms with Crippen molar-refractivity contribution in [2.45, 2.75) is 13.1 Å². The van der Waals surface area contributed by atoms with Gasteiger partial charge in [-0.25, -0.2) is 4.99 Å². The molecule has 0 amide bonds. The van der Waals surface area contributed by atoms with E-state index in [4.69, 9.17) is 5.26 Å². The molecule has 1 fully saturated rings. The predicted octanol–water partition coefficient (Wildman–Crippen LogP) is 3.43. The minimum absolute atomic E-state index is 0.611.